The highest BCUT2D eigenvalue weighted by atomic mass is 16.4. The van der Waals surface area contributed by atoms with Crippen LogP contribution in [0.5, 0.6) is 0 Å². The molecule has 0 aliphatic carbocycles. The first-order valence-electron chi connectivity index (χ1n) is 7.29. The van der Waals surface area contributed by atoms with Crippen LogP contribution in [0.15, 0.2) is 65.3 Å². The third-order valence-corrected chi connectivity index (χ3v) is 3.27. The van der Waals surface area contributed by atoms with Crippen LogP contribution >= 0.6 is 0 Å². The van der Waals surface area contributed by atoms with Gasteiger partial charge in [-0.25, -0.2) is 0 Å². The van der Waals surface area contributed by atoms with E-state index in [9.17, 15) is 9.59 Å². The van der Waals surface area contributed by atoms with Crippen LogP contribution in [-0.2, 0) is 0 Å². The van der Waals surface area contributed by atoms with Crippen molar-refractivity contribution in [1.82, 2.24) is 4.98 Å². The van der Waals surface area contributed by atoms with E-state index in [0.29, 0.717) is 16.8 Å². The van der Waals surface area contributed by atoms with Gasteiger partial charge in [0, 0.05) is 11.3 Å². The fraction of sp³-hybridized carbons (Fsp3) is 0. The summed E-state index contributed by atoms with van der Waals surface area (Å²) in [5, 5.41) is 13.9. The zero-order valence-corrected chi connectivity index (χ0v) is 12.9. The summed E-state index contributed by atoms with van der Waals surface area (Å²) in [5.74, 6) is -0.879. The summed E-state index contributed by atoms with van der Waals surface area (Å²) in [7, 11) is 0. The molecule has 2 N–H and O–H groups in total. The van der Waals surface area contributed by atoms with E-state index in [1.807, 2.05) is 6.07 Å². The molecule has 1 heterocycles. The fourth-order valence-electron chi connectivity index (χ4n) is 2.02. The highest BCUT2D eigenvalue weighted by Crippen LogP contribution is 2.13. The first-order chi connectivity index (χ1) is 12.2. The largest absolute Gasteiger partial charge is 0.431 e. The number of amides is 2. The van der Waals surface area contributed by atoms with Crippen molar-refractivity contribution in [3.8, 4) is 6.07 Å². The zero-order chi connectivity index (χ0) is 17.6. The number of nitrogens with one attached hydrogen (secondary N) is 2. The van der Waals surface area contributed by atoms with Gasteiger partial charge in [-0.3, -0.25) is 14.9 Å². The Balaban J connectivity index is 1.65. The molecule has 2 aromatic carbocycles. The number of benzene rings is 2. The molecular weight excluding hydrogens is 320 g/mol. The third kappa shape index (κ3) is 3.89. The molecule has 1 aromatic heterocycles. The Kier molecular flexibility index (Phi) is 4.53. The van der Waals surface area contributed by atoms with Crippen LogP contribution < -0.4 is 10.6 Å². The summed E-state index contributed by atoms with van der Waals surface area (Å²) >= 11 is 0. The van der Waals surface area contributed by atoms with Crippen LogP contribution in [0.2, 0.25) is 0 Å². The third-order valence-electron chi connectivity index (χ3n) is 3.27. The second kappa shape index (κ2) is 7.10. The summed E-state index contributed by atoms with van der Waals surface area (Å²) in [5.41, 5.74) is 1.48. The Bertz CT molecular complexity index is 940. The van der Waals surface area contributed by atoms with Crippen LogP contribution in [0.4, 0.5) is 11.7 Å². The monoisotopic (exact) mass is 332 g/mol. The molecule has 25 heavy (non-hydrogen) atoms. The Morgan fingerprint density at radius 2 is 1.68 bits per heavy atom. The molecule has 0 bridgehead atoms. The minimum atomic E-state index is -0.492. The predicted molar refractivity (Wildman–Crippen MR) is 90.0 cm³/mol. The van der Waals surface area contributed by atoms with Gasteiger partial charge in [0.1, 0.15) is 6.26 Å². The van der Waals surface area contributed by atoms with Gasteiger partial charge < -0.3 is 9.73 Å². The molecule has 0 fully saturated rings. The van der Waals surface area contributed by atoms with Gasteiger partial charge in [-0.1, -0.05) is 18.2 Å². The van der Waals surface area contributed by atoms with Crippen LogP contribution in [-0.4, -0.2) is 16.8 Å². The maximum absolute atomic E-state index is 12.1. The number of carbonyl (C=O) groups excluding carboxylic acids is 2. The maximum atomic E-state index is 12.1. The van der Waals surface area contributed by atoms with Crippen molar-refractivity contribution in [2.24, 2.45) is 0 Å². The Morgan fingerprint density at radius 3 is 2.36 bits per heavy atom. The van der Waals surface area contributed by atoms with Gasteiger partial charge in [0.25, 0.3) is 11.8 Å². The number of hydrogen-bond donors (Lipinski definition) is 2. The van der Waals surface area contributed by atoms with Crippen molar-refractivity contribution in [3.05, 3.63) is 77.7 Å². The van der Waals surface area contributed by atoms with Gasteiger partial charge in [-0.2, -0.15) is 10.2 Å². The van der Waals surface area contributed by atoms with Crippen molar-refractivity contribution in [3.63, 3.8) is 0 Å². The number of nitrogens with zero attached hydrogens (tertiary/aromatic N) is 2. The number of rotatable bonds is 4. The first kappa shape index (κ1) is 16.0. The second-order valence-electron chi connectivity index (χ2n) is 5.00. The number of nitriles is 1. The average Bonchev–Trinajstić information content (AvgIpc) is 3.12. The maximum Gasteiger partial charge on any atom is 0.302 e. The van der Waals surface area contributed by atoms with E-state index in [-0.39, 0.29) is 17.6 Å². The molecule has 0 saturated heterocycles. The molecular formula is C18H12N4O3. The number of aromatic nitrogens is 1. The molecule has 0 aliphatic heterocycles. The van der Waals surface area contributed by atoms with Crippen LogP contribution in [0.1, 0.15) is 26.4 Å². The lowest BCUT2D eigenvalue weighted by Crippen LogP contribution is -2.14. The van der Waals surface area contributed by atoms with Crippen molar-refractivity contribution in [2.75, 3.05) is 10.6 Å². The highest BCUT2D eigenvalue weighted by Gasteiger charge is 2.15. The molecule has 0 saturated carbocycles. The average molecular weight is 332 g/mol. The van der Waals surface area contributed by atoms with Gasteiger partial charge in [0.05, 0.1) is 11.6 Å². The second-order valence-corrected chi connectivity index (χ2v) is 5.00. The molecule has 0 unspecified atom stereocenters. The number of carbonyl (C=O) groups is 2. The predicted octanol–water partition coefficient (Wildman–Crippen LogP) is 3.05. The van der Waals surface area contributed by atoms with Gasteiger partial charge >= 0.3 is 6.01 Å². The molecule has 0 radical (unpaired) electrons. The van der Waals surface area contributed by atoms with Gasteiger partial charge in [-0.05, 0) is 36.4 Å². The molecule has 7 heteroatoms. The molecule has 122 valence electrons. The van der Waals surface area contributed by atoms with Crippen molar-refractivity contribution in [1.29, 1.82) is 5.26 Å². The number of oxazole rings is 1. The van der Waals surface area contributed by atoms with Crippen molar-refractivity contribution >= 4 is 23.5 Å². The molecule has 3 aromatic rings. The SMILES string of the molecule is N#Cc1ccc(NC(=O)c2coc(NC(=O)c3ccccc3)n2)cc1. The van der Waals surface area contributed by atoms with Crippen molar-refractivity contribution < 1.29 is 14.0 Å². The summed E-state index contributed by atoms with van der Waals surface area (Å²) in [6.45, 7) is 0. The molecule has 3 rings (SSSR count). The van der Waals surface area contributed by atoms with E-state index >= 15 is 0 Å². The van der Waals surface area contributed by atoms with E-state index < -0.39 is 5.91 Å². The lowest BCUT2D eigenvalue weighted by molar-refractivity contribution is 0.101. The standard InChI is InChI=1S/C18H12N4O3/c19-10-12-6-8-14(9-7-12)20-17(24)15-11-25-18(21-15)22-16(23)13-4-2-1-3-5-13/h1-9,11H,(H,20,24)(H,21,22,23). The Labute approximate surface area is 142 Å². The van der Waals surface area contributed by atoms with E-state index in [1.54, 1.807) is 54.6 Å². The minimum absolute atomic E-state index is 0.0210. The number of anilines is 2. The fourth-order valence-corrected chi connectivity index (χ4v) is 2.02. The summed E-state index contributed by atoms with van der Waals surface area (Å²) < 4.78 is 5.11. The molecule has 0 atom stereocenters. The Hall–Kier alpha value is -3.92. The molecule has 7 nitrogen and oxygen atoms in total. The van der Waals surface area contributed by atoms with Gasteiger partial charge in [-0.15, -0.1) is 0 Å². The van der Waals surface area contributed by atoms with Gasteiger partial charge in [0.15, 0.2) is 5.69 Å². The first-order valence-corrected chi connectivity index (χ1v) is 7.29. The van der Waals surface area contributed by atoms with Crippen LogP contribution in [0.3, 0.4) is 0 Å². The van der Waals surface area contributed by atoms with Gasteiger partial charge in [0.2, 0.25) is 0 Å². The lowest BCUT2D eigenvalue weighted by atomic mass is 10.2. The Morgan fingerprint density at radius 1 is 0.960 bits per heavy atom. The van der Waals surface area contributed by atoms with E-state index in [1.165, 1.54) is 0 Å². The summed E-state index contributed by atoms with van der Waals surface area (Å²) in [6, 6.07) is 16.9. The topological polar surface area (TPSA) is 108 Å². The smallest absolute Gasteiger partial charge is 0.302 e. The zero-order valence-electron chi connectivity index (χ0n) is 12.9. The highest BCUT2D eigenvalue weighted by molar-refractivity contribution is 6.05. The molecule has 2 amide bonds. The van der Waals surface area contributed by atoms with Crippen molar-refractivity contribution in [2.45, 2.75) is 0 Å². The number of hydrogen-bond acceptors (Lipinski definition) is 5. The lowest BCUT2D eigenvalue weighted by Gasteiger charge is -2.02. The minimum Gasteiger partial charge on any atom is -0.431 e. The van der Waals surface area contributed by atoms with E-state index in [0.717, 1.165) is 6.26 Å². The quantitative estimate of drug-likeness (QED) is 0.763. The summed E-state index contributed by atoms with van der Waals surface area (Å²) in [4.78, 5) is 28.1. The summed E-state index contributed by atoms with van der Waals surface area (Å²) in [6.07, 6.45) is 1.15. The molecule has 0 spiro atoms. The van der Waals surface area contributed by atoms with Crippen LogP contribution in [0, 0.1) is 11.3 Å². The van der Waals surface area contributed by atoms with E-state index in [4.69, 9.17) is 9.68 Å². The molecule has 0 aliphatic rings. The normalized spacial score (nSPS) is 9.88. The van der Waals surface area contributed by atoms with Crippen LogP contribution in [0.25, 0.3) is 0 Å². The van der Waals surface area contributed by atoms with E-state index in [2.05, 4.69) is 15.6 Å².